The first kappa shape index (κ1) is 14.3. The van der Waals surface area contributed by atoms with Crippen LogP contribution in [-0.2, 0) is 12.7 Å². The first-order valence-electron chi connectivity index (χ1n) is 6.50. The molecule has 106 valence electrons. The molecule has 0 aliphatic carbocycles. The number of halogens is 3. The molecule has 1 saturated heterocycles. The van der Waals surface area contributed by atoms with Crippen LogP contribution in [0.3, 0.4) is 0 Å². The zero-order valence-electron chi connectivity index (χ0n) is 11.0. The molecule has 2 atom stereocenters. The number of alkyl halides is 3. The summed E-state index contributed by atoms with van der Waals surface area (Å²) in [5, 5.41) is 0. The van der Waals surface area contributed by atoms with Crippen LogP contribution in [0, 0.1) is 5.92 Å². The highest BCUT2D eigenvalue weighted by molar-refractivity contribution is 5.24. The molecule has 19 heavy (non-hydrogen) atoms. The lowest BCUT2D eigenvalue weighted by molar-refractivity contribution is -0.137. The van der Waals surface area contributed by atoms with Crippen molar-refractivity contribution in [2.75, 3.05) is 13.1 Å². The van der Waals surface area contributed by atoms with Gasteiger partial charge in [0.1, 0.15) is 0 Å². The number of nitrogens with zero attached hydrogens (tertiary/aromatic N) is 1. The zero-order chi connectivity index (χ0) is 14.0. The Labute approximate surface area is 111 Å². The standard InChI is InChI=1S/C14H19F3N2/c1-10-6-12(7-18)9-19(10)8-11-2-4-13(5-3-11)14(15,16)17/h2-5,10,12H,6-9,18H2,1H3. The van der Waals surface area contributed by atoms with Gasteiger partial charge in [-0.15, -0.1) is 0 Å². The Morgan fingerprint density at radius 3 is 2.37 bits per heavy atom. The lowest BCUT2D eigenvalue weighted by Crippen LogP contribution is -2.27. The molecule has 0 bridgehead atoms. The molecular formula is C14H19F3N2. The molecule has 2 nitrogen and oxygen atoms in total. The third-order valence-electron chi connectivity index (χ3n) is 3.79. The molecule has 0 saturated carbocycles. The first-order valence-corrected chi connectivity index (χ1v) is 6.50. The summed E-state index contributed by atoms with van der Waals surface area (Å²) in [5.41, 5.74) is 5.99. The molecule has 5 heteroatoms. The molecule has 0 radical (unpaired) electrons. The van der Waals surface area contributed by atoms with Crippen LogP contribution in [0.1, 0.15) is 24.5 Å². The van der Waals surface area contributed by atoms with Crippen molar-refractivity contribution >= 4 is 0 Å². The summed E-state index contributed by atoms with van der Waals surface area (Å²) < 4.78 is 37.4. The van der Waals surface area contributed by atoms with Crippen molar-refractivity contribution in [2.24, 2.45) is 11.7 Å². The van der Waals surface area contributed by atoms with Gasteiger partial charge in [-0.1, -0.05) is 12.1 Å². The number of hydrogen-bond donors (Lipinski definition) is 1. The van der Waals surface area contributed by atoms with Crippen molar-refractivity contribution in [1.82, 2.24) is 4.90 Å². The number of rotatable bonds is 3. The third-order valence-corrected chi connectivity index (χ3v) is 3.79. The van der Waals surface area contributed by atoms with E-state index in [2.05, 4.69) is 11.8 Å². The van der Waals surface area contributed by atoms with Crippen LogP contribution in [-0.4, -0.2) is 24.0 Å². The van der Waals surface area contributed by atoms with Gasteiger partial charge in [0.15, 0.2) is 0 Å². The Hall–Kier alpha value is -1.07. The molecule has 2 N–H and O–H groups in total. The molecule has 0 spiro atoms. The number of likely N-dealkylation sites (tertiary alicyclic amines) is 1. The fourth-order valence-electron chi connectivity index (χ4n) is 2.64. The van der Waals surface area contributed by atoms with E-state index in [1.165, 1.54) is 0 Å². The lowest BCUT2D eigenvalue weighted by Gasteiger charge is -2.21. The fraction of sp³-hybridized carbons (Fsp3) is 0.571. The van der Waals surface area contributed by atoms with E-state index in [1.807, 2.05) is 0 Å². The van der Waals surface area contributed by atoms with E-state index in [0.717, 1.165) is 30.7 Å². The van der Waals surface area contributed by atoms with Crippen molar-refractivity contribution in [1.29, 1.82) is 0 Å². The molecule has 0 amide bonds. The maximum absolute atomic E-state index is 12.5. The van der Waals surface area contributed by atoms with Crippen LogP contribution in [0.4, 0.5) is 13.2 Å². The smallest absolute Gasteiger partial charge is 0.330 e. The Kier molecular flexibility index (Phi) is 4.16. The first-order chi connectivity index (χ1) is 8.90. The van der Waals surface area contributed by atoms with Crippen LogP contribution >= 0.6 is 0 Å². The summed E-state index contributed by atoms with van der Waals surface area (Å²) in [6.07, 6.45) is -3.19. The molecule has 1 aromatic rings. The highest BCUT2D eigenvalue weighted by Gasteiger charge is 2.31. The largest absolute Gasteiger partial charge is 0.416 e. The zero-order valence-corrected chi connectivity index (χ0v) is 11.0. The van der Waals surface area contributed by atoms with Gasteiger partial charge in [-0.05, 0) is 43.5 Å². The Balaban J connectivity index is 2.00. The van der Waals surface area contributed by atoms with Crippen molar-refractivity contribution in [3.05, 3.63) is 35.4 Å². The molecule has 1 aliphatic heterocycles. The van der Waals surface area contributed by atoms with Crippen LogP contribution in [0.5, 0.6) is 0 Å². The van der Waals surface area contributed by atoms with Gasteiger partial charge in [0.25, 0.3) is 0 Å². The van der Waals surface area contributed by atoms with Gasteiger partial charge in [-0.2, -0.15) is 13.2 Å². The summed E-state index contributed by atoms with van der Waals surface area (Å²) >= 11 is 0. The minimum Gasteiger partial charge on any atom is -0.330 e. The Morgan fingerprint density at radius 2 is 1.89 bits per heavy atom. The summed E-state index contributed by atoms with van der Waals surface area (Å²) in [4.78, 5) is 2.28. The minimum absolute atomic E-state index is 0.441. The van der Waals surface area contributed by atoms with E-state index in [1.54, 1.807) is 12.1 Å². The molecule has 1 heterocycles. The topological polar surface area (TPSA) is 29.3 Å². The van der Waals surface area contributed by atoms with E-state index in [-0.39, 0.29) is 0 Å². The summed E-state index contributed by atoms with van der Waals surface area (Å²) in [7, 11) is 0. The predicted octanol–water partition coefficient (Wildman–Crippen LogP) is 2.87. The summed E-state index contributed by atoms with van der Waals surface area (Å²) in [5.74, 6) is 0.504. The quantitative estimate of drug-likeness (QED) is 0.916. The normalized spacial score (nSPS) is 24.9. The third kappa shape index (κ3) is 3.48. The van der Waals surface area contributed by atoms with Gasteiger partial charge < -0.3 is 5.73 Å². The minimum atomic E-state index is -4.26. The molecular weight excluding hydrogens is 253 g/mol. The Bertz CT molecular complexity index is 414. The van der Waals surface area contributed by atoms with Gasteiger partial charge in [-0.3, -0.25) is 4.90 Å². The van der Waals surface area contributed by atoms with E-state index in [4.69, 9.17) is 5.73 Å². The fourth-order valence-corrected chi connectivity index (χ4v) is 2.64. The van der Waals surface area contributed by atoms with Gasteiger partial charge in [-0.25, -0.2) is 0 Å². The van der Waals surface area contributed by atoms with Crippen LogP contribution in [0.25, 0.3) is 0 Å². The van der Waals surface area contributed by atoms with E-state index >= 15 is 0 Å². The molecule has 1 aliphatic rings. The van der Waals surface area contributed by atoms with Crippen molar-refractivity contribution in [3.8, 4) is 0 Å². The van der Waals surface area contributed by atoms with Gasteiger partial charge in [0.05, 0.1) is 5.56 Å². The van der Waals surface area contributed by atoms with Gasteiger partial charge in [0.2, 0.25) is 0 Å². The molecule has 0 aromatic heterocycles. The SMILES string of the molecule is CC1CC(CN)CN1Cc1ccc(C(F)(F)F)cc1. The van der Waals surface area contributed by atoms with E-state index < -0.39 is 11.7 Å². The Morgan fingerprint density at radius 1 is 1.26 bits per heavy atom. The van der Waals surface area contributed by atoms with Crippen molar-refractivity contribution < 1.29 is 13.2 Å². The van der Waals surface area contributed by atoms with Crippen LogP contribution < -0.4 is 5.73 Å². The van der Waals surface area contributed by atoms with Crippen molar-refractivity contribution in [3.63, 3.8) is 0 Å². The maximum Gasteiger partial charge on any atom is 0.416 e. The highest BCUT2D eigenvalue weighted by atomic mass is 19.4. The van der Waals surface area contributed by atoms with E-state index in [0.29, 0.717) is 25.0 Å². The molecule has 1 fully saturated rings. The van der Waals surface area contributed by atoms with Crippen LogP contribution in [0.2, 0.25) is 0 Å². The second-order valence-corrected chi connectivity index (χ2v) is 5.31. The van der Waals surface area contributed by atoms with Gasteiger partial charge >= 0.3 is 6.18 Å². The number of benzene rings is 1. The van der Waals surface area contributed by atoms with Gasteiger partial charge in [0, 0.05) is 19.1 Å². The highest BCUT2D eigenvalue weighted by Crippen LogP contribution is 2.30. The second kappa shape index (κ2) is 5.51. The number of hydrogen-bond acceptors (Lipinski definition) is 2. The second-order valence-electron chi connectivity index (χ2n) is 5.31. The molecule has 2 rings (SSSR count). The maximum atomic E-state index is 12.5. The average Bonchev–Trinajstić information content (AvgIpc) is 2.70. The summed E-state index contributed by atoms with van der Waals surface area (Å²) in [6.45, 7) is 4.43. The van der Waals surface area contributed by atoms with E-state index in [9.17, 15) is 13.2 Å². The average molecular weight is 272 g/mol. The van der Waals surface area contributed by atoms with Crippen molar-refractivity contribution in [2.45, 2.75) is 32.1 Å². The predicted molar refractivity (Wildman–Crippen MR) is 68.5 cm³/mol. The van der Waals surface area contributed by atoms with Crippen LogP contribution in [0.15, 0.2) is 24.3 Å². The summed E-state index contributed by atoms with van der Waals surface area (Å²) in [6, 6.07) is 5.86. The monoisotopic (exact) mass is 272 g/mol. The molecule has 2 unspecified atom stereocenters. The molecule has 1 aromatic carbocycles. The number of nitrogens with two attached hydrogens (primary N) is 1. The lowest BCUT2D eigenvalue weighted by atomic mass is 10.1.